The zero-order chi connectivity index (χ0) is 24.2. The molecule has 0 bridgehead atoms. The van der Waals surface area contributed by atoms with E-state index in [1.165, 1.54) is 18.4 Å². The number of rotatable bonds is 7. The Morgan fingerprint density at radius 2 is 1.76 bits per heavy atom. The summed E-state index contributed by atoms with van der Waals surface area (Å²) < 4.78 is 7.31. The van der Waals surface area contributed by atoms with E-state index >= 15 is 0 Å². The fraction of sp³-hybridized carbons (Fsp3) is 0.296. The molecule has 7 heteroatoms. The molecule has 176 valence electrons. The van der Waals surface area contributed by atoms with Crippen molar-refractivity contribution in [3.8, 4) is 0 Å². The van der Waals surface area contributed by atoms with Crippen molar-refractivity contribution in [3.05, 3.63) is 96.7 Å². The Morgan fingerprint density at radius 1 is 1.09 bits per heavy atom. The molecule has 4 rings (SSSR count). The number of allylic oxidation sites excluding steroid dienone is 1. The summed E-state index contributed by atoms with van der Waals surface area (Å²) in [6, 6.07) is 17.2. The van der Waals surface area contributed by atoms with E-state index in [1.807, 2.05) is 55.5 Å². The number of anilines is 1. The number of hydrogen-bond donors (Lipinski definition) is 0. The van der Waals surface area contributed by atoms with Crippen LogP contribution in [0.25, 0.3) is 6.08 Å². The Balaban J connectivity index is 1.87. The van der Waals surface area contributed by atoms with Gasteiger partial charge in [-0.15, -0.1) is 0 Å². The molecular weight excluding hydrogens is 446 g/mol. The third-order valence-electron chi connectivity index (χ3n) is 6.09. The molecule has 6 nitrogen and oxygen atoms in total. The number of carbonyl (C=O) groups excluding carboxylic acids is 1. The molecule has 1 atom stereocenters. The molecule has 0 amide bonds. The van der Waals surface area contributed by atoms with E-state index in [0.29, 0.717) is 27.0 Å². The van der Waals surface area contributed by atoms with Crippen molar-refractivity contribution in [2.45, 2.75) is 33.2 Å². The minimum atomic E-state index is -0.577. The summed E-state index contributed by atoms with van der Waals surface area (Å²) in [6.45, 7) is 8.10. The molecule has 2 aromatic carbocycles. The SMILES string of the molecule is CCC1=C(C(=O)OC)[C@H](c2ccccc2)n2c(s/c(=C\c3ccc(N(CC)CC)cc3)c2=O)=N1. The van der Waals surface area contributed by atoms with Gasteiger partial charge in [0.2, 0.25) is 0 Å². The van der Waals surface area contributed by atoms with Crippen LogP contribution in [0.3, 0.4) is 0 Å². The maximum absolute atomic E-state index is 13.6. The lowest BCUT2D eigenvalue weighted by molar-refractivity contribution is -0.136. The summed E-state index contributed by atoms with van der Waals surface area (Å²) in [7, 11) is 1.36. The van der Waals surface area contributed by atoms with Gasteiger partial charge in [0.25, 0.3) is 5.56 Å². The molecule has 0 unspecified atom stereocenters. The third kappa shape index (κ3) is 4.35. The van der Waals surface area contributed by atoms with E-state index in [4.69, 9.17) is 9.73 Å². The zero-order valence-electron chi connectivity index (χ0n) is 19.9. The van der Waals surface area contributed by atoms with Crippen molar-refractivity contribution in [3.63, 3.8) is 0 Å². The van der Waals surface area contributed by atoms with Gasteiger partial charge < -0.3 is 9.64 Å². The number of thiazole rings is 1. The second kappa shape index (κ2) is 10.2. The van der Waals surface area contributed by atoms with Crippen LogP contribution in [0, 0.1) is 0 Å². The molecule has 0 fully saturated rings. The van der Waals surface area contributed by atoms with Crippen LogP contribution < -0.4 is 19.8 Å². The lowest BCUT2D eigenvalue weighted by Gasteiger charge is -2.25. The molecule has 0 radical (unpaired) electrons. The standard InChI is InChI=1S/C27H29N3O3S/c1-5-21-23(26(32)33-4)24(19-11-9-8-10-12-19)30-25(31)22(34-27(30)28-21)17-18-13-15-20(16-14-18)29(6-2)7-3/h8-17,24H,5-7H2,1-4H3/b22-17-/t24-/m0/s1. The molecule has 1 aliphatic heterocycles. The second-order valence-corrected chi connectivity index (χ2v) is 8.97. The minimum Gasteiger partial charge on any atom is -0.466 e. The van der Waals surface area contributed by atoms with Gasteiger partial charge in [0.15, 0.2) is 4.80 Å². The third-order valence-corrected chi connectivity index (χ3v) is 7.07. The monoisotopic (exact) mass is 475 g/mol. The number of benzene rings is 2. The fourth-order valence-corrected chi connectivity index (χ4v) is 5.36. The van der Waals surface area contributed by atoms with Crippen molar-refractivity contribution in [2.75, 3.05) is 25.1 Å². The van der Waals surface area contributed by atoms with Crippen LogP contribution in [0.5, 0.6) is 0 Å². The molecular formula is C27H29N3O3S. The molecule has 0 saturated carbocycles. The van der Waals surface area contributed by atoms with Crippen molar-refractivity contribution < 1.29 is 9.53 Å². The summed E-state index contributed by atoms with van der Waals surface area (Å²) in [5.41, 5.74) is 3.85. The molecule has 1 aliphatic rings. The Labute approximate surface area is 203 Å². The van der Waals surface area contributed by atoms with E-state index in [-0.39, 0.29) is 5.56 Å². The first-order valence-electron chi connectivity index (χ1n) is 11.5. The largest absolute Gasteiger partial charge is 0.466 e. The summed E-state index contributed by atoms with van der Waals surface area (Å²) in [4.78, 5) is 34.0. The number of esters is 1. The van der Waals surface area contributed by atoms with Gasteiger partial charge in [-0.1, -0.05) is 60.7 Å². The molecule has 0 spiro atoms. The Bertz CT molecular complexity index is 1380. The highest BCUT2D eigenvalue weighted by atomic mass is 32.1. The van der Waals surface area contributed by atoms with Crippen molar-refractivity contribution in [2.24, 2.45) is 4.99 Å². The topological polar surface area (TPSA) is 63.9 Å². The number of nitrogens with zero attached hydrogens (tertiary/aromatic N) is 3. The van der Waals surface area contributed by atoms with Crippen molar-refractivity contribution in [1.82, 2.24) is 4.57 Å². The van der Waals surface area contributed by atoms with Crippen LogP contribution in [-0.2, 0) is 9.53 Å². The van der Waals surface area contributed by atoms with Crippen LogP contribution in [0.4, 0.5) is 5.69 Å². The normalized spacial score (nSPS) is 15.6. The molecule has 34 heavy (non-hydrogen) atoms. The smallest absolute Gasteiger partial charge is 0.338 e. The fourth-order valence-electron chi connectivity index (χ4n) is 4.34. The lowest BCUT2D eigenvalue weighted by Crippen LogP contribution is -2.40. The quantitative estimate of drug-likeness (QED) is 0.490. The van der Waals surface area contributed by atoms with Crippen LogP contribution in [0.2, 0.25) is 0 Å². The van der Waals surface area contributed by atoms with Gasteiger partial charge in [0.1, 0.15) is 0 Å². The molecule has 1 aromatic heterocycles. The summed E-state index contributed by atoms with van der Waals surface area (Å²) in [5, 5.41) is 0. The number of carbonyl (C=O) groups is 1. The van der Waals surface area contributed by atoms with Gasteiger partial charge in [-0.25, -0.2) is 9.79 Å². The zero-order valence-corrected chi connectivity index (χ0v) is 20.8. The predicted octanol–water partition coefficient (Wildman–Crippen LogP) is 3.64. The first-order valence-corrected chi connectivity index (χ1v) is 12.4. The predicted molar refractivity (Wildman–Crippen MR) is 137 cm³/mol. The number of methoxy groups -OCH3 is 1. The van der Waals surface area contributed by atoms with E-state index < -0.39 is 12.0 Å². The van der Waals surface area contributed by atoms with E-state index in [9.17, 15) is 9.59 Å². The number of hydrogen-bond acceptors (Lipinski definition) is 6. The molecule has 0 aliphatic carbocycles. The Kier molecular flexibility index (Phi) is 7.12. The molecule has 0 N–H and O–H groups in total. The molecule has 0 saturated heterocycles. The first-order chi connectivity index (χ1) is 16.5. The number of ether oxygens (including phenoxy) is 1. The Morgan fingerprint density at radius 3 is 2.35 bits per heavy atom. The highest BCUT2D eigenvalue weighted by Crippen LogP contribution is 2.31. The van der Waals surface area contributed by atoms with E-state index in [1.54, 1.807) is 4.57 Å². The van der Waals surface area contributed by atoms with Crippen molar-refractivity contribution in [1.29, 1.82) is 0 Å². The second-order valence-electron chi connectivity index (χ2n) is 7.96. The van der Waals surface area contributed by atoms with Crippen molar-refractivity contribution >= 4 is 29.1 Å². The summed E-state index contributed by atoms with van der Waals surface area (Å²) in [5.74, 6) is -0.462. The van der Waals surface area contributed by atoms with Gasteiger partial charge in [0.05, 0.1) is 29.0 Å². The van der Waals surface area contributed by atoms with Gasteiger partial charge >= 0.3 is 5.97 Å². The average Bonchev–Trinajstić information content (AvgIpc) is 3.19. The van der Waals surface area contributed by atoms with Gasteiger partial charge in [-0.3, -0.25) is 9.36 Å². The van der Waals surface area contributed by atoms with Crippen LogP contribution in [0.15, 0.2) is 75.7 Å². The maximum Gasteiger partial charge on any atom is 0.338 e. The summed E-state index contributed by atoms with van der Waals surface area (Å²) >= 11 is 1.35. The highest BCUT2D eigenvalue weighted by Gasteiger charge is 2.33. The summed E-state index contributed by atoms with van der Waals surface area (Å²) in [6.07, 6.45) is 2.46. The maximum atomic E-state index is 13.6. The van der Waals surface area contributed by atoms with Gasteiger partial charge in [-0.2, -0.15) is 0 Å². The van der Waals surface area contributed by atoms with E-state index in [0.717, 1.165) is 29.9 Å². The van der Waals surface area contributed by atoms with Gasteiger partial charge in [0, 0.05) is 18.8 Å². The minimum absolute atomic E-state index is 0.165. The Hall–Kier alpha value is -3.45. The van der Waals surface area contributed by atoms with Crippen LogP contribution in [0.1, 0.15) is 44.4 Å². The average molecular weight is 476 g/mol. The highest BCUT2D eigenvalue weighted by molar-refractivity contribution is 7.07. The first kappa shape index (κ1) is 23.7. The number of aromatic nitrogens is 1. The molecule has 3 aromatic rings. The van der Waals surface area contributed by atoms with E-state index in [2.05, 4.69) is 30.9 Å². The molecule has 2 heterocycles. The number of fused-ring (bicyclic) bond motifs is 1. The van der Waals surface area contributed by atoms with Crippen LogP contribution in [-0.4, -0.2) is 30.7 Å². The lowest BCUT2D eigenvalue weighted by atomic mass is 9.95. The van der Waals surface area contributed by atoms with Gasteiger partial charge in [-0.05, 0) is 49.6 Å². The van der Waals surface area contributed by atoms with Crippen LogP contribution >= 0.6 is 11.3 Å².